The third-order valence-corrected chi connectivity index (χ3v) is 6.58. The van der Waals surface area contributed by atoms with E-state index in [1.54, 1.807) is 6.92 Å². The van der Waals surface area contributed by atoms with Gasteiger partial charge in [0.05, 0.1) is 28.8 Å². The molecule has 1 fully saturated rings. The highest BCUT2D eigenvalue weighted by Crippen LogP contribution is 2.49. The number of rotatable bonds is 4. The van der Waals surface area contributed by atoms with Crippen LogP contribution in [0.5, 0.6) is 0 Å². The number of hydrogen-bond donors (Lipinski definition) is 0. The van der Waals surface area contributed by atoms with Gasteiger partial charge in [0.2, 0.25) is 5.91 Å². The summed E-state index contributed by atoms with van der Waals surface area (Å²) in [4.78, 5) is 18.1. The van der Waals surface area contributed by atoms with E-state index in [0.29, 0.717) is 17.5 Å². The van der Waals surface area contributed by atoms with Gasteiger partial charge in [-0.15, -0.1) is 0 Å². The lowest BCUT2D eigenvalue weighted by Gasteiger charge is -2.44. The van der Waals surface area contributed by atoms with Crippen molar-refractivity contribution < 1.29 is 27.2 Å². The number of carbonyl (C=O) groups is 1. The maximum atomic E-state index is 15.0. The van der Waals surface area contributed by atoms with Gasteiger partial charge >= 0.3 is 6.18 Å². The van der Waals surface area contributed by atoms with Gasteiger partial charge in [-0.1, -0.05) is 65.6 Å². The first-order chi connectivity index (χ1) is 15.0. The van der Waals surface area contributed by atoms with Gasteiger partial charge in [-0.3, -0.25) is 4.79 Å². The van der Waals surface area contributed by atoms with E-state index in [2.05, 4.69) is 5.16 Å². The fourth-order valence-corrected chi connectivity index (χ4v) is 4.21. The van der Waals surface area contributed by atoms with Crippen LogP contribution >= 0.6 is 23.2 Å². The predicted octanol–water partition coefficient (Wildman–Crippen LogP) is 5.99. The molecule has 0 aromatic heterocycles. The number of carbonyl (C=O) groups excluding carboxylic acids is 1. The second-order valence-electron chi connectivity index (χ2n) is 7.91. The molecule has 1 atom stereocenters. The molecule has 2 aromatic rings. The molecule has 2 aliphatic rings. The van der Waals surface area contributed by atoms with Crippen LogP contribution in [0.2, 0.25) is 10.0 Å². The minimum absolute atomic E-state index is 0.0291. The lowest BCUT2D eigenvalue weighted by atomic mass is 9.84. The minimum Gasteiger partial charge on any atom is -0.374 e. The van der Waals surface area contributed by atoms with Gasteiger partial charge in [0, 0.05) is 18.4 Å². The van der Waals surface area contributed by atoms with Crippen LogP contribution in [0.3, 0.4) is 0 Å². The Kier molecular flexibility index (Phi) is 5.66. The van der Waals surface area contributed by atoms with Crippen molar-refractivity contribution in [1.29, 1.82) is 0 Å². The van der Waals surface area contributed by atoms with E-state index in [0.717, 1.165) is 6.07 Å². The zero-order chi connectivity index (χ0) is 23.3. The van der Waals surface area contributed by atoms with Crippen LogP contribution in [-0.4, -0.2) is 35.8 Å². The van der Waals surface area contributed by atoms with Crippen LogP contribution < -0.4 is 0 Å². The zero-order valence-electron chi connectivity index (χ0n) is 16.8. The molecule has 4 nitrogen and oxygen atoms in total. The summed E-state index contributed by atoms with van der Waals surface area (Å²) in [7, 11) is 0. The Hall–Kier alpha value is -2.32. The van der Waals surface area contributed by atoms with Gasteiger partial charge in [-0.2, -0.15) is 13.2 Å². The molecule has 1 saturated heterocycles. The maximum absolute atomic E-state index is 15.0. The SMILES string of the molecule is CCC(=O)N1CC(F)(c2ccc(C3=NOC(c4ccc(Cl)c(Cl)c4)(C(F)(F)F)C3)cc2)C1. The minimum atomic E-state index is -4.78. The van der Waals surface area contributed by atoms with Crippen molar-refractivity contribution in [2.24, 2.45) is 5.16 Å². The molecule has 32 heavy (non-hydrogen) atoms. The molecule has 2 heterocycles. The van der Waals surface area contributed by atoms with E-state index < -0.39 is 23.9 Å². The van der Waals surface area contributed by atoms with Crippen molar-refractivity contribution in [1.82, 2.24) is 4.90 Å². The summed E-state index contributed by atoms with van der Waals surface area (Å²) >= 11 is 11.8. The molecule has 1 amide bonds. The van der Waals surface area contributed by atoms with Gasteiger partial charge in [0.25, 0.3) is 5.60 Å². The molecule has 0 saturated carbocycles. The molecule has 2 aromatic carbocycles. The van der Waals surface area contributed by atoms with E-state index in [9.17, 15) is 18.0 Å². The Morgan fingerprint density at radius 2 is 1.72 bits per heavy atom. The Labute approximate surface area is 191 Å². The standard InChI is InChI=1S/C22H18Cl2F4N2O2/c1-2-19(31)30-11-20(25,12-30)14-5-3-13(4-6-14)18-10-21(32-29-18,22(26,27)28)15-7-8-16(23)17(24)9-15/h3-9H,2,10-12H2,1H3. The van der Waals surface area contributed by atoms with Crippen molar-refractivity contribution in [2.45, 2.75) is 37.2 Å². The highest BCUT2D eigenvalue weighted by Gasteiger charge is 2.62. The summed E-state index contributed by atoms with van der Waals surface area (Å²) in [6, 6.07) is 9.60. The smallest absolute Gasteiger partial charge is 0.374 e. The van der Waals surface area contributed by atoms with E-state index in [1.165, 1.54) is 41.3 Å². The van der Waals surface area contributed by atoms with Crippen LogP contribution in [0, 0.1) is 0 Å². The number of hydrogen-bond acceptors (Lipinski definition) is 3. The molecule has 0 radical (unpaired) electrons. The van der Waals surface area contributed by atoms with Crippen LogP contribution in [0.1, 0.15) is 36.5 Å². The number of oxime groups is 1. The first-order valence-electron chi connectivity index (χ1n) is 9.84. The van der Waals surface area contributed by atoms with E-state index >= 15 is 4.39 Å². The van der Waals surface area contributed by atoms with Crippen LogP contribution in [0.15, 0.2) is 47.6 Å². The Balaban J connectivity index is 1.55. The number of alkyl halides is 4. The summed E-state index contributed by atoms with van der Waals surface area (Å²) in [6.45, 7) is 1.62. The van der Waals surface area contributed by atoms with Gasteiger partial charge in [-0.25, -0.2) is 4.39 Å². The van der Waals surface area contributed by atoms with Gasteiger partial charge in [0.1, 0.15) is 0 Å². The van der Waals surface area contributed by atoms with E-state index in [1.807, 2.05) is 0 Å². The topological polar surface area (TPSA) is 41.9 Å². The maximum Gasteiger partial charge on any atom is 0.435 e. The summed E-state index contributed by atoms with van der Waals surface area (Å²) in [5.74, 6) is -0.127. The first-order valence-corrected chi connectivity index (χ1v) is 10.6. The lowest BCUT2D eigenvalue weighted by Crippen LogP contribution is -2.58. The largest absolute Gasteiger partial charge is 0.435 e. The zero-order valence-corrected chi connectivity index (χ0v) is 18.4. The second kappa shape index (κ2) is 7.92. The molecule has 0 aliphatic carbocycles. The highest BCUT2D eigenvalue weighted by atomic mass is 35.5. The predicted molar refractivity (Wildman–Crippen MR) is 113 cm³/mol. The van der Waals surface area contributed by atoms with E-state index in [-0.39, 0.29) is 40.3 Å². The second-order valence-corrected chi connectivity index (χ2v) is 8.72. The summed E-state index contributed by atoms with van der Waals surface area (Å²) < 4.78 is 57.3. The molecule has 10 heteroatoms. The summed E-state index contributed by atoms with van der Waals surface area (Å²) in [5, 5.41) is 3.79. The fourth-order valence-electron chi connectivity index (χ4n) is 3.91. The average molecular weight is 489 g/mol. The summed E-state index contributed by atoms with van der Waals surface area (Å²) in [6.07, 6.45) is -5.05. The molecule has 2 aliphatic heterocycles. The molecular weight excluding hydrogens is 471 g/mol. The number of halogens is 6. The van der Waals surface area contributed by atoms with Crippen LogP contribution in [-0.2, 0) is 20.9 Å². The molecule has 0 bridgehead atoms. The normalized spacial score (nSPS) is 22.2. The number of likely N-dealkylation sites (tertiary alicyclic amines) is 1. The van der Waals surface area contributed by atoms with Crippen LogP contribution in [0.25, 0.3) is 0 Å². The fraction of sp³-hybridized carbons (Fsp3) is 0.364. The molecule has 4 rings (SSSR count). The van der Waals surface area contributed by atoms with Gasteiger partial charge in [-0.05, 0) is 23.3 Å². The molecule has 0 spiro atoms. The molecule has 1 unspecified atom stereocenters. The van der Waals surface area contributed by atoms with Crippen molar-refractivity contribution >= 4 is 34.8 Å². The van der Waals surface area contributed by atoms with Crippen molar-refractivity contribution in [2.75, 3.05) is 13.1 Å². The third kappa shape index (κ3) is 3.73. The molecular formula is C22H18Cl2F4N2O2. The van der Waals surface area contributed by atoms with Gasteiger partial charge < -0.3 is 9.74 Å². The quantitative estimate of drug-likeness (QED) is 0.495. The molecule has 0 N–H and O–H groups in total. The molecule has 170 valence electrons. The van der Waals surface area contributed by atoms with Crippen molar-refractivity contribution in [3.8, 4) is 0 Å². The number of nitrogens with zero attached hydrogens (tertiary/aromatic N) is 2. The Bertz CT molecular complexity index is 1080. The van der Waals surface area contributed by atoms with Crippen LogP contribution in [0.4, 0.5) is 17.6 Å². The Morgan fingerprint density at radius 1 is 1.09 bits per heavy atom. The third-order valence-electron chi connectivity index (χ3n) is 5.85. The van der Waals surface area contributed by atoms with E-state index in [4.69, 9.17) is 28.0 Å². The van der Waals surface area contributed by atoms with Gasteiger partial charge in [0.15, 0.2) is 5.67 Å². The average Bonchev–Trinajstić information content (AvgIpc) is 3.20. The van der Waals surface area contributed by atoms with Crippen molar-refractivity contribution in [3.05, 3.63) is 69.2 Å². The lowest BCUT2D eigenvalue weighted by molar-refractivity contribution is -0.275. The first kappa shape index (κ1) is 22.9. The monoisotopic (exact) mass is 488 g/mol. The Morgan fingerprint density at radius 3 is 2.28 bits per heavy atom. The number of amides is 1. The summed E-state index contributed by atoms with van der Waals surface area (Å²) in [5.41, 5.74) is -3.78. The number of benzene rings is 2. The van der Waals surface area contributed by atoms with Crippen molar-refractivity contribution in [3.63, 3.8) is 0 Å². The highest BCUT2D eigenvalue weighted by molar-refractivity contribution is 6.42.